The van der Waals surface area contributed by atoms with Crippen molar-refractivity contribution in [1.82, 2.24) is 19.9 Å². The first-order valence-corrected chi connectivity index (χ1v) is 10.7. The van der Waals surface area contributed by atoms with Crippen LogP contribution in [0.5, 0.6) is 0 Å². The molecule has 0 bridgehead atoms. The van der Waals surface area contributed by atoms with Gasteiger partial charge in [0.25, 0.3) is 5.91 Å². The average Bonchev–Trinajstić information content (AvgIpc) is 2.88. The molecule has 1 amide bonds. The van der Waals surface area contributed by atoms with Crippen molar-refractivity contribution < 1.29 is 9.53 Å². The van der Waals surface area contributed by atoms with Crippen LogP contribution in [-0.2, 0) is 17.7 Å². The summed E-state index contributed by atoms with van der Waals surface area (Å²) in [5, 5.41) is 9.17. The summed E-state index contributed by atoms with van der Waals surface area (Å²) in [6, 6.07) is 12.8. The summed E-state index contributed by atoms with van der Waals surface area (Å²) in [7, 11) is 0. The van der Waals surface area contributed by atoms with Crippen molar-refractivity contribution in [2.24, 2.45) is 0 Å². The number of hydrogen-bond acceptors (Lipinski definition) is 7. The lowest BCUT2D eigenvalue weighted by Crippen LogP contribution is -2.41. The molecule has 160 valence electrons. The topological polar surface area (TPSA) is 95.2 Å². The number of nitrogens with zero attached hydrogens (tertiary/aromatic N) is 6. The molecule has 2 aliphatic rings. The molecule has 0 atom stereocenters. The van der Waals surface area contributed by atoms with Gasteiger partial charge in [0.2, 0.25) is 0 Å². The molecule has 0 spiro atoms. The Hall–Kier alpha value is -3.83. The van der Waals surface area contributed by atoms with E-state index in [0.29, 0.717) is 49.7 Å². The second kappa shape index (κ2) is 8.73. The number of hydrogen-bond donors (Lipinski definition) is 0. The smallest absolute Gasteiger partial charge is 0.254 e. The van der Waals surface area contributed by atoms with Crippen molar-refractivity contribution >= 4 is 11.7 Å². The second-order valence-electron chi connectivity index (χ2n) is 7.81. The highest BCUT2D eigenvalue weighted by Crippen LogP contribution is 2.30. The van der Waals surface area contributed by atoms with Crippen LogP contribution in [0.4, 0.5) is 5.82 Å². The van der Waals surface area contributed by atoms with E-state index < -0.39 is 0 Å². The van der Waals surface area contributed by atoms with Crippen molar-refractivity contribution in [3.05, 3.63) is 71.2 Å². The highest BCUT2D eigenvalue weighted by molar-refractivity contribution is 5.94. The molecule has 1 aromatic carbocycles. The number of morpholine rings is 1. The fourth-order valence-electron chi connectivity index (χ4n) is 4.14. The summed E-state index contributed by atoms with van der Waals surface area (Å²) in [5.74, 6) is 1.43. The molecule has 1 saturated heterocycles. The minimum Gasteiger partial charge on any atom is -0.378 e. The summed E-state index contributed by atoms with van der Waals surface area (Å²) < 4.78 is 5.53. The van der Waals surface area contributed by atoms with Gasteiger partial charge in [0.15, 0.2) is 5.82 Å². The van der Waals surface area contributed by atoms with Crippen LogP contribution in [-0.4, -0.2) is 58.6 Å². The van der Waals surface area contributed by atoms with Crippen LogP contribution >= 0.6 is 0 Å². The highest BCUT2D eigenvalue weighted by atomic mass is 16.5. The molecule has 4 heterocycles. The lowest BCUT2D eigenvalue weighted by molar-refractivity contribution is 0.0733. The van der Waals surface area contributed by atoms with Gasteiger partial charge in [0.05, 0.1) is 37.1 Å². The van der Waals surface area contributed by atoms with Crippen LogP contribution in [0.15, 0.2) is 48.8 Å². The quantitative estimate of drug-likeness (QED) is 0.635. The summed E-state index contributed by atoms with van der Waals surface area (Å²) in [6.45, 7) is 3.77. The van der Waals surface area contributed by atoms with Crippen LogP contribution < -0.4 is 4.90 Å². The summed E-state index contributed by atoms with van der Waals surface area (Å²) >= 11 is 0. The van der Waals surface area contributed by atoms with Crippen molar-refractivity contribution in [3.8, 4) is 17.5 Å². The zero-order chi connectivity index (χ0) is 21.9. The monoisotopic (exact) mass is 426 g/mol. The Labute approximate surface area is 186 Å². The number of amides is 1. The Balaban J connectivity index is 1.51. The predicted molar refractivity (Wildman–Crippen MR) is 118 cm³/mol. The van der Waals surface area contributed by atoms with E-state index in [1.54, 1.807) is 36.7 Å². The standard InChI is InChI=1S/C24H22N6O2/c25-14-17-3-1-4-18(13-17)24(31)30-8-6-21-20(16-30)23(29-9-11-32-12-10-29)28-22(27-21)19-5-2-7-26-15-19/h1-5,7,13,15H,6,8-12,16H2. The van der Waals surface area contributed by atoms with Gasteiger partial charge in [-0.1, -0.05) is 6.07 Å². The fourth-order valence-corrected chi connectivity index (χ4v) is 4.14. The lowest BCUT2D eigenvalue weighted by atomic mass is 10.0. The molecule has 1 fully saturated rings. The zero-order valence-corrected chi connectivity index (χ0v) is 17.6. The Morgan fingerprint density at radius 2 is 1.97 bits per heavy atom. The third-order valence-electron chi connectivity index (χ3n) is 5.79. The van der Waals surface area contributed by atoms with E-state index in [-0.39, 0.29) is 5.91 Å². The SMILES string of the molecule is N#Cc1cccc(C(=O)N2CCc3nc(-c4cccnc4)nc(N4CCOCC4)c3C2)c1. The van der Waals surface area contributed by atoms with Gasteiger partial charge in [0.1, 0.15) is 5.82 Å². The number of aromatic nitrogens is 3. The molecular weight excluding hydrogens is 404 g/mol. The number of rotatable bonds is 3. The molecule has 32 heavy (non-hydrogen) atoms. The molecule has 2 aromatic heterocycles. The Morgan fingerprint density at radius 3 is 2.75 bits per heavy atom. The summed E-state index contributed by atoms with van der Waals surface area (Å²) in [6.07, 6.45) is 4.15. The van der Waals surface area contributed by atoms with Crippen molar-refractivity contribution in [3.63, 3.8) is 0 Å². The van der Waals surface area contributed by atoms with E-state index in [1.165, 1.54) is 0 Å². The Kier molecular flexibility index (Phi) is 5.48. The molecule has 5 rings (SSSR count). The van der Waals surface area contributed by atoms with Crippen LogP contribution in [0, 0.1) is 11.3 Å². The first-order chi connectivity index (χ1) is 15.7. The molecule has 0 saturated carbocycles. The number of nitriles is 1. The molecule has 0 aliphatic carbocycles. The molecule has 0 unspecified atom stereocenters. The first-order valence-electron chi connectivity index (χ1n) is 10.7. The number of carbonyl (C=O) groups excluding carboxylic acids is 1. The third-order valence-corrected chi connectivity index (χ3v) is 5.79. The lowest BCUT2D eigenvalue weighted by Gasteiger charge is -2.34. The maximum absolute atomic E-state index is 13.2. The van der Waals surface area contributed by atoms with E-state index in [4.69, 9.17) is 14.7 Å². The minimum absolute atomic E-state index is 0.0861. The van der Waals surface area contributed by atoms with E-state index in [1.807, 2.05) is 17.0 Å². The van der Waals surface area contributed by atoms with E-state index in [9.17, 15) is 10.1 Å². The highest BCUT2D eigenvalue weighted by Gasteiger charge is 2.29. The van der Waals surface area contributed by atoms with Gasteiger partial charge in [-0.2, -0.15) is 5.26 Å². The molecular formula is C24H22N6O2. The minimum atomic E-state index is -0.0861. The third kappa shape index (κ3) is 3.90. The molecule has 3 aromatic rings. The number of carbonyl (C=O) groups is 1. The van der Waals surface area contributed by atoms with Crippen LogP contribution in [0.1, 0.15) is 27.2 Å². The fraction of sp³-hybridized carbons (Fsp3) is 0.292. The predicted octanol–water partition coefficient (Wildman–Crippen LogP) is 2.45. The van der Waals surface area contributed by atoms with Crippen molar-refractivity contribution in [2.75, 3.05) is 37.7 Å². The summed E-state index contributed by atoms with van der Waals surface area (Å²) in [4.78, 5) is 31.2. The van der Waals surface area contributed by atoms with Crippen LogP contribution in [0.3, 0.4) is 0 Å². The zero-order valence-electron chi connectivity index (χ0n) is 17.6. The average molecular weight is 426 g/mol. The number of benzene rings is 1. The van der Waals surface area contributed by atoms with Gasteiger partial charge in [-0.3, -0.25) is 9.78 Å². The molecule has 8 nitrogen and oxygen atoms in total. The number of fused-ring (bicyclic) bond motifs is 1. The van der Waals surface area contributed by atoms with E-state index in [2.05, 4.69) is 16.0 Å². The van der Waals surface area contributed by atoms with E-state index in [0.717, 1.165) is 35.7 Å². The molecule has 0 N–H and O–H groups in total. The Bertz CT molecular complexity index is 1180. The van der Waals surface area contributed by atoms with Crippen LogP contribution in [0.25, 0.3) is 11.4 Å². The van der Waals surface area contributed by atoms with Gasteiger partial charge in [-0.15, -0.1) is 0 Å². The largest absolute Gasteiger partial charge is 0.378 e. The van der Waals surface area contributed by atoms with Gasteiger partial charge in [-0.05, 0) is 30.3 Å². The van der Waals surface area contributed by atoms with Gasteiger partial charge in [0, 0.05) is 55.1 Å². The number of ether oxygens (including phenoxy) is 1. The summed E-state index contributed by atoms with van der Waals surface area (Å²) in [5.41, 5.74) is 3.82. The maximum atomic E-state index is 13.2. The van der Waals surface area contributed by atoms with Crippen molar-refractivity contribution in [1.29, 1.82) is 5.26 Å². The normalized spacial score (nSPS) is 15.7. The first kappa shape index (κ1) is 20.1. The molecule has 8 heteroatoms. The van der Waals surface area contributed by atoms with Crippen molar-refractivity contribution in [2.45, 2.75) is 13.0 Å². The van der Waals surface area contributed by atoms with E-state index >= 15 is 0 Å². The molecule has 0 radical (unpaired) electrons. The molecule has 2 aliphatic heterocycles. The number of pyridine rings is 1. The van der Waals surface area contributed by atoms with Gasteiger partial charge >= 0.3 is 0 Å². The second-order valence-corrected chi connectivity index (χ2v) is 7.81. The van der Waals surface area contributed by atoms with Gasteiger partial charge in [-0.25, -0.2) is 9.97 Å². The maximum Gasteiger partial charge on any atom is 0.254 e. The van der Waals surface area contributed by atoms with Gasteiger partial charge < -0.3 is 14.5 Å². The number of anilines is 1. The van der Waals surface area contributed by atoms with Crippen LogP contribution in [0.2, 0.25) is 0 Å². The Morgan fingerprint density at radius 1 is 1.09 bits per heavy atom.